The van der Waals surface area contributed by atoms with E-state index in [1.807, 2.05) is 0 Å². The SMILES string of the molecule is COC1CC(C(=O)O)N(c2ccc(F)cc2[N+](=O)[O-])C1. The minimum atomic E-state index is -1.09. The van der Waals surface area contributed by atoms with Crippen LogP contribution in [0, 0.1) is 15.9 Å². The highest BCUT2D eigenvalue weighted by Crippen LogP contribution is 2.34. The monoisotopic (exact) mass is 284 g/mol. The molecule has 8 heteroatoms. The number of anilines is 1. The van der Waals surface area contributed by atoms with Gasteiger partial charge in [-0.2, -0.15) is 0 Å². The Hall–Kier alpha value is -2.22. The van der Waals surface area contributed by atoms with Crippen molar-refractivity contribution in [3.8, 4) is 0 Å². The molecule has 0 aliphatic carbocycles. The molecule has 2 atom stereocenters. The van der Waals surface area contributed by atoms with Crippen LogP contribution < -0.4 is 4.90 Å². The molecule has 1 aliphatic rings. The highest BCUT2D eigenvalue weighted by Gasteiger charge is 2.39. The van der Waals surface area contributed by atoms with Gasteiger partial charge in [-0.25, -0.2) is 9.18 Å². The Balaban J connectivity index is 2.43. The number of aliphatic carboxylic acids is 1. The molecule has 0 bridgehead atoms. The van der Waals surface area contributed by atoms with E-state index in [9.17, 15) is 24.4 Å². The van der Waals surface area contributed by atoms with Gasteiger partial charge in [0.25, 0.3) is 5.69 Å². The van der Waals surface area contributed by atoms with E-state index in [2.05, 4.69) is 0 Å². The van der Waals surface area contributed by atoms with E-state index >= 15 is 0 Å². The fourth-order valence-electron chi connectivity index (χ4n) is 2.35. The van der Waals surface area contributed by atoms with Crippen molar-refractivity contribution in [1.82, 2.24) is 0 Å². The lowest BCUT2D eigenvalue weighted by molar-refractivity contribution is -0.384. The van der Waals surface area contributed by atoms with Gasteiger partial charge >= 0.3 is 5.97 Å². The molecular formula is C12H13FN2O5. The highest BCUT2D eigenvalue weighted by atomic mass is 19.1. The second-order valence-corrected chi connectivity index (χ2v) is 4.49. The van der Waals surface area contributed by atoms with Crippen LogP contribution in [0.5, 0.6) is 0 Å². The number of methoxy groups -OCH3 is 1. The predicted octanol–water partition coefficient (Wildman–Crippen LogP) is 1.41. The lowest BCUT2D eigenvalue weighted by Crippen LogP contribution is -2.36. The fourth-order valence-corrected chi connectivity index (χ4v) is 2.35. The summed E-state index contributed by atoms with van der Waals surface area (Å²) in [5.41, 5.74) is -0.364. The minimum absolute atomic E-state index is 0.0864. The largest absolute Gasteiger partial charge is 0.480 e. The van der Waals surface area contributed by atoms with Crippen LogP contribution >= 0.6 is 0 Å². The molecule has 1 aliphatic heterocycles. The molecule has 2 rings (SSSR count). The first-order valence-corrected chi connectivity index (χ1v) is 5.90. The summed E-state index contributed by atoms with van der Waals surface area (Å²) in [5, 5.41) is 20.2. The maximum Gasteiger partial charge on any atom is 0.326 e. The lowest BCUT2D eigenvalue weighted by Gasteiger charge is -2.23. The fraction of sp³-hybridized carbons (Fsp3) is 0.417. The molecular weight excluding hydrogens is 271 g/mol. The molecule has 1 fully saturated rings. The lowest BCUT2D eigenvalue weighted by atomic mass is 10.2. The molecule has 1 N–H and O–H groups in total. The molecule has 0 aromatic heterocycles. The van der Waals surface area contributed by atoms with E-state index in [1.54, 1.807) is 0 Å². The summed E-state index contributed by atoms with van der Waals surface area (Å²) >= 11 is 0. The number of nitro benzene ring substituents is 1. The Bertz CT molecular complexity index is 551. The average Bonchev–Trinajstić information content (AvgIpc) is 2.82. The summed E-state index contributed by atoms with van der Waals surface area (Å²) < 4.78 is 18.2. The van der Waals surface area contributed by atoms with Crippen LogP contribution in [-0.2, 0) is 9.53 Å². The summed E-state index contributed by atoms with van der Waals surface area (Å²) in [6.07, 6.45) is -0.110. The number of halogens is 1. The number of carboxylic acid groups (broad SMARTS) is 1. The molecule has 1 aromatic carbocycles. The van der Waals surface area contributed by atoms with Gasteiger partial charge in [-0.15, -0.1) is 0 Å². The zero-order valence-corrected chi connectivity index (χ0v) is 10.7. The molecule has 1 heterocycles. The number of rotatable bonds is 4. The molecule has 108 valence electrons. The molecule has 0 amide bonds. The minimum Gasteiger partial charge on any atom is -0.480 e. The van der Waals surface area contributed by atoms with Gasteiger partial charge in [0, 0.05) is 20.1 Å². The Morgan fingerprint density at radius 3 is 2.85 bits per heavy atom. The van der Waals surface area contributed by atoms with Crippen LogP contribution in [0.1, 0.15) is 6.42 Å². The number of carbonyl (C=O) groups is 1. The number of benzene rings is 1. The summed E-state index contributed by atoms with van der Waals surface area (Å²) in [6.45, 7) is 0.208. The van der Waals surface area contributed by atoms with Crippen LogP contribution in [0.4, 0.5) is 15.8 Å². The number of ether oxygens (including phenoxy) is 1. The van der Waals surface area contributed by atoms with Crippen molar-refractivity contribution in [1.29, 1.82) is 0 Å². The van der Waals surface area contributed by atoms with Crippen molar-refractivity contribution in [2.24, 2.45) is 0 Å². The summed E-state index contributed by atoms with van der Waals surface area (Å²) in [7, 11) is 1.45. The Morgan fingerprint density at radius 1 is 1.60 bits per heavy atom. The van der Waals surface area contributed by atoms with Gasteiger partial charge in [-0.3, -0.25) is 10.1 Å². The first kappa shape index (κ1) is 14.2. The van der Waals surface area contributed by atoms with Gasteiger partial charge in [-0.1, -0.05) is 0 Å². The van der Waals surface area contributed by atoms with E-state index in [0.717, 1.165) is 12.1 Å². The summed E-state index contributed by atoms with van der Waals surface area (Å²) in [6, 6.07) is 2.15. The van der Waals surface area contributed by atoms with Gasteiger partial charge in [0.05, 0.1) is 17.1 Å². The second kappa shape index (κ2) is 5.41. The Labute approximate surface area is 113 Å². The van der Waals surface area contributed by atoms with Crippen LogP contribution in [-0.4, -0.2) is 41.8 Å². The average molecular weight is 284 g/mol. The van der Waals surface area contributed by atoms with Gasteiger partial charge < -0.3 is 14.7 Å². The van der Waals surface area contributed by atoms with Crippen LogP contribution in [0.3, 0.4) is 0 Å². The van der Waals surface area contributed by atoms with Crippen LogP contribution in [0.2, 0.25) is 0 Å². The molecule has 1 saturated heterocycles. The quantitative estimate of drug-likeness (QED) is 0.663. The van der Waals surface area contributed by atoms with Crippen molar-refractivity contribution in [3.63, 3.8) is 0 Å². The molecule has 2 unspecified atom stereocenters. The van der Waals surface area contributed by atoms with Crippen molar-refractivity contribution < 1.29 is 24.0 Å². The third-order valence-electron chi connectivity index (χ3n) is 3.32. The topological polar surface area (TPSA) is 92.9 Å². The zero-order chi connectivity index (χ0) is 14.9. The van der Waals surface area contributed by atoms with Gasteiger partial charge in [0.15, 0.2) is 0 Å². The Kier molecular flexibility index (Phi) is 3.84. The maximum absolute atomic E-state index is 13.1. The van der Waals surface area contributed by atoms with E-state index in [0.29, 0.717) is 0 Å². The van der Waals surface area contributed by atoms with Crippen molar-refractivity contribution >= 4 is 17.3 Å². The number of nitro groups is 1. The Morgan fingerprint density at radius 2 is 2.30 bits per heavy atom. The normalized spacial score (nSPS) is 22.0. The number of hydrogen-bond acceptors (Lipinski definition) is 5. The summed E-state index contributed by atoms with van der Waals surface area (Å²) in [5.74, 6) is -1.84. The van der Waals surface area contributed by atoms with Gasteiger partial charge in [0.2, 0.25) is 0 Å². The third-order valence-corrected chi connectivity index (χ3v) is 3.32. The van der Waals surface area contributed by atoms with Crippen molar-refractivity contribution in [2.45, 2.75) is 18.6 Å². The first-order valence-electron chi connectivity index (χ1n) is 5.90. The van der Waals surface area contributed by atoms with E-state index < -0.39 is 28.4 Å². The molecule has 7 nitrogen and oxygen atoms in total. The molecule has 0 radical (unpaired) electrons. The van der Waals surface area contributed by atoms with Crippen LogP contribution in [0.25, 0.3) is 0 Å². The zero-order valence-electron chi connectivity index (χ0n) is 10.7. The standard InChI is InChI=1S/C12H13FN2O5/c1-20-8-5-11(12(16)17)14(6-8)9-3-2-7(13)4-10(9)15(18)19/h2-4,8,11H,5-6H2,1H3,(H,16,17). The van der Waals surface area contributed by atoms with Gasteiger partial charge in [-0.05, 0) is 12.1 Å². The number of carboxylic acids is 1. The van der Waals surface area contributed by atoms with Gasteiger partial charge in [0.1, 0.15) is 17.5 Å². The van der Waals surface area contributed by atoms with Crippen molar-refractivity contribution in [2.75, 3.05) is 18.6 Å². The first-order chi connectivity index (χ1) is 9.43. The molecule has 1 aromatic rings. The highest BCUT2D eigenvalue weighted by molar-refractivity contribution is 5.81. The maximum atomic E-state index is 13.1. The van der Waals surface area contributed by atoms with E-state index in [1.165, 1.54) is 18.1 Å². The predicted molar refractivity (Wildman–Crippen MR) is 67.2 cm³/mol. The number of hydrogen-bond donors (Lipinski definition) is 1. The number of nitrogens with zero attached hydrogens (tertiary/aromatic N) is 2. The molecule has 20 heavy (non-hydrogen) atoms. The molecule has 0 spiro atoms. The molecule has 0 saturated carbocycles. The summed E-state index contributed by atoms with van der Waals surface area (Å²) in [4.78, 5) is 22.9. The van der Waals surface area contributed by atoms with Crippen LogP contribution in [0.15, 0.2) is 18.2 Å². The smallest absolute Gasteiger partial charge is 0.326 e. The third kappa shape index (κ3) is 2.55. The second-order valence-electron chi connectivity index (χ2n) is 4.49. The van der Waals surface area contributed by atoms with E-state index in [-0.39, 0.29) is 24.8 Å². The van der Waals surface area contributed by atoms with Crippen molar-refractivity contribution in [3.05, 3.63) is 34.1 Å². The van der Waals surface area contributed by atoms with E-state index in [4.69, 9.17) is 4.74 Å².